The molecule has 0 heterocycles. The van der Waals surface area contributed by atoms with E-state index in [9.17, 15) is 9.59 Å². The number of carbonyl (C=O) groups excluding carboxylic acids is 1. The van der Waals surface area contributed by atoms with E-state index in [2.05, 4.69) is 0 Å². The molecule has 1 atom stereocenters. The van der Waals surface area contributed by atoms with E-state index in [0.717, 1.165) is 0 Å². The molecule has 0 aliphatic carbocycles. The van der Waals surface area contributed by atoms with Crippen LogP contribution in [-0.4, -0.2) is 30.0 Å². The predicted molar refractivity (Wildman–Crippen MR) is 62.6 cm³/mol. The van der Waals surface area contributed by atoms with Gasteiger partial charge in [0.15, 0.2) is 5.78 Å². The third-order valence-electron chi connectivity index (χ3n) is 2.18. The smallest absolute Gasteiger partial charge is 0.320 e. The molecule has 92 valence electrons. The fourth-order valence-electron chi connectivity index (χ4n) is 1.30. The van der Waals surface area contributed by atoms with E-state index in [-0.39, 0.29) is 12.0 Å². The molecule has 0 aliphatic heterocycles. The fourth-order valence-corrected chi connectivity index (χ4v) is 1.47. The van der Waals surface area contributed by atoms with Crippen LogP contribution in [0.5, 0.6) is 5.75 Å². The molecule has 0 unspecified atom stereocenters. The lowest BCUT2D eigenvalue weighted by atomic mass is 10.0. The van der Waals surface area contributed by atoms with Gasteiger partial charge in [0.05, 0.1) is 12.7 Å². The van der Waals surface area contributed by atoms with Gasteiger partial charge >= 0.3 is 5.97 Å². The van der Waals surface area contributed by atoms with Crippen LogP contribution in [-0.2, 0) is 4.79 Å². The number of carboxylic acids is 1. The highest BCUT2D eigenvalue weighted by molar-refractivity contribution is 6.31. The van der Waals surface area contributed by atoms with Crippen LogP contribution in [0, 0.1) is 0 Å². The molecule has 1 rings (SSSR count). The fraction of sp³-hybridized carbons (Fsp3) is 0.273. The van der Waals surface area contributed by atoms with E-state index in [0.29, 0.717) is 10.8 Å². The maximum absolute atomic E-state index is 11.8. The minimum absolute atomic E-state index is 0.233. The molecule has 17 heavy (non-hydrogen) atoms. The Kier molecular flexibility index (Phi) is 4.48. The van der Waals surface area contributed by atoms with Gasteiger partial charge in [-0.2, -0.15) is 0 Å². The van der Waals surface area contributed by atoms with Gasteiger partial charge in [-0.15, -0.1) is 0 Å². The van der Waals surface area contributed by atoms with Crippen LogP contribution in [0.15, 0.2) is 18.2 Å². The number of hydrogen-bond donors (Lipinski definition) is 2. The van der Waals surface area contributed by atoms with Gasteiger partial charge in [0.2, 0.25) is 0 Å². The largest absolute Gasteiger partial charge is 0.496 e. The molecular formula is C11H12ClNO4. The lowest BCUT2D eigenvalue weighted by molar-refractivity contribution is -0.138. The van der Waals surface area contributed by atoms with E-state index < -0.39 is 17.8 Å². The number of aliphatic carboxylic acids is 1. The van der Waals surface area contributed by atoms with Crippen molar-refractivity contribution in [2.75, 3.05) is 7.11 Å². The van der Waals surface area contributed by atoms with Crippen molar-refractivity contribution in [3.63, 3.8) is 0 Å². The van der Waals surface area contributed by atoms with Crippen LogP contribution in [0.4, 0.5) is 0 Å². The minimum atomic E-state index is -1.23. The molecule has 5 nitrogen and oxygen atoms in total. The van der Waals surface area contributed by atoms with Crippen LogP contribution in [0.25, 0.3) is 0 Å². The Bertz CT molecular complexity index is 447. The van der Waals surface area contributed by atoms with Gasteiger partial charge in [0.1, 0.15) is 11.8 Å². The molecule has 0 bridgehead atoms. The number of benzene rings is 1. The molecular weight excluding hydrogens is 246 g/mol. The summed E-state index contributed by atoms with van der Waals surface area (Å²) in [7, 11) is 1.41. The van der Waals surface area contributed by atoms with Crippen molar-refractivity contribution in [3.8, 4) is 5.75 Å². The van der Waals surface area contributed by atoms with Crippen molar-refractivity contribution in [2.45, 2.75) is 12.5 Å². The quantitative estimate of drug-likeness (QED) is 0.777. The Morgan fingerprint density at radius 1 is 1.53 bits per heavy atom. The number of halogens is 1. The maximum Gasteiger partial charge on any atom is 0.320 e. The van der Waals surface area contributed by atoms with Crippen molar-refractivity contribution < 1.29 is 19.4 Å². The maximum atomic E-state index is 11.8. The Balaban J connectivity index is 2.95. The van der Waals surface area contributed by atoms with E-state index in [1.54, 1.807) is 12.1 Å². The second-order valence-corrected chi connectivity index (χ2v) is 3.85. The number of rotatable bonds is 5. The number of hydrogen-bond acceptors (Lipinski definition) is 4. The normalized spacial score (nSPS) is 11.9. The number of ketones is 1. The molecule has 0 amide bonds. The summed E-state index contributed by atoms with van der Waals surface area (Å²) in [6, 6.07) is 3.32. The average Bonchev–Trinajstić information content (AvgIpc) is 2.28. The second-order valence-electron chi connectivity index (χ2n) is 3.42. The van der Waals surface area contributed by atoms with E-state index in [4.69, 9.17) is 27.2 Å². The number of methoxy groups -OCH3 is 1. The third kappa shape index (κ3) is 3.44. The Labute approximate surface area is 103 Å². The van der Waals surface area contributed by atoms with E-state index in [1.807, 2.05) is 0 Å². The summed E-state index contributed by atoms with van der Waals surface area (Å²) >= 11 is 5.76. The topological polar surface area (TPSA) is 89.6 Å². The van der Waals surface area contributed by atoms with Crippen LogP contribution in [0.3, 0.4) is 0 Å². The predicted octanol–water partition coefficient (Wildman–Crippen LogP) is 1.33. The van der Waals surface area contributed by atoms with Crippen LogP contribution < -0.4 is 10.5 Å². The molecule has 0 spiro atoms. The van der Waals surface area contributed by atoms with Gasteiger partial charge in [-0.3, -0.25) is 9.59 Å². The Morgan fingerprint density at radius 2 is 2.18 bits per heavy atom. The summed E-state index contributed by atoms with van der Waals surface area (Å²) in [6.45, 7) is 0. The van der Waals surface area contributed by atoms with Crippen molar-refractivity contribution in [1.29, 1.82) is 0 Å². The first-order chi connectivity index (χ1) is 7.95. The monoisotopic (exact) mass is 257 g/mol. The molecule has 1 aromatic rings. The molecule has 3 N–H and O–H groups in total. The number of carbonyl (C=O) groups is 2. The van der Waals surface area contributed by atoms with Gasteiger partial charge in [-0.25, -0.2) is 0 Å². The lowest BCUT2D eigenvalue weighted by Crippen LogP contribution is -2.32. The van der Waals surface area contributed by atoms with Crippen molar-refractivity contribution >= 4 is 23.4 Å². The lowest BCUT2D eigenvalue weighted by Gasteiger charge is -2.09. The number of nitrogens with two attached hydrogens (primary N) is 1. The van der Waals surface area contributed by atoms with Gasteiger partial charge in [0.25, 0.3) is 0 Å². The molecule has 6 heteroatoms. The summed E-state index contributed by atoms with van der Waals surface area (Å²) < 4.78 is 5.00. The van der Waals surface area contributed by atoms with Gasteiger partial charge < -0.3 is 15.6 Å². The second kappa shape index (κ2) is 5.65. The van der Waals surface area contributed by atoms with Gasteiger partial charge in [-0.05, 0) is 18.2 Å². The number of Topliss-reactive ketones (excluding diaryl/α,β-unsaturated/α-hetero) is 1. The highest BCUT2D eigenvalue weighted by atomic mass is 35.5. The van der Waals surface area contributed by atoms with E-state index in [1.165, 1.54) is 13.2 Å². The van der Waals surface area contributed by atoms with Gasteiger partial charge in [-0.1, -0.05) is 11.6 Å². The van der Waals surface area contributed by atoms with Crippen LogP contribution in [0.2, 0.25) is 5.02 Å². The summed E-state index contributed by atoms with van der Waals surface area (Å²) in [6.07, 6.45) is -0.300. The zero-order valence-electron chi connectivity index (χ0n) is 9.14. The SMILES string of the molecule is COc1ccc(Cl)cc1C(=O)C[C@@H](N)C(=O)O. The first-order valence-electron chi connectivity index (χ1n) is 4.81. The van der Waals surface area contributed by atoms with Crippen LogP contribution >= 0.6 is 11.6 Å². The van der Waals surface area contributed by atoms with Crippen molar-refractivity contribution in [3.05, 3.63) is 28.8 Å². The molecule has 0 radical (unpaired) electrons. The van der Waals surface area contributed by atoms with Gasteiger partial charge in [0, 0.05) is 11.4 Å². The molecule has 0 saturated carbocycles. The number of ether oxygens (including phenoxy) is 1. The third-order valence-corrected chi connectivity index (χ3v) is 2.42. The van der Waals surface area contributed by atoms with Crippen molar-refractivity contribution in [1.82, 2.24) is 0 Å². The molecule has 0 aliphatic rings. The first kappa shape index (κ1) is 13.5. The number of carboxylic acid groups (broad SMARTS) is 1. The van der Waals surface area contributed by atoms with Crippen LogP contribution in [0.1, 0.15) is 16.8 Å². The zero-order chi connectivity index (χ0) is 13.0. The standard InChI is InChI=1S/C11H12ClNO4/c1-17-10-3-2-6(12)4-7(10)9(14)5-8(13)11(15)16/h2-4,8H,5,13H2,1H3,(H,15,16)/t8-/m1/s1. The highest BCUT2D eigenvalue weighted by Crippen LogP contribution is 2.24. The zero-order valence-corrected chi connectivity index (χ0v) is 9.90. The molecule has 0 aromatic heterocycles. The Hall–Kier alpha value is -1.59. The highest BCUT2D eigenvalue weighted by Gasteiger charge is 2.20. The summed E-state index contributed by atoms with van der Waals surface area (Å²) in [5.74, 6) is -1.30. The molecule has 1 aromatic carbocycles. The molecule has 0 fully saturated rings. The summed E-state index contributed by atoms with van der Waals surface area (Å²) in [4.78, 5) is 22.4. The van der Waals surface area contributed by atoms with Crippen molar-refractivity contribution in [2.24, 2.45) is 5.73 Å². The minimum Gasteiger partial charge on any atom is -0.496 e. The summed E-state index contributed by atoms with van der Waals surface area (Å²) in [5, 5.41) is 9.00. The van der Waals surface area contributed by atoms with E-state index >= 15 is 0 Å². The first-order valence-corrected chi connectivity index (χ1v) is 5.18. The summed E-state index contributed by atoms with van der Waals surface area (Å²) in [5.41, 5.74) is 5.52. The molecule has 0 saturated heterocycles. The Morgan fingerprint density at radius 3 is 2.71 bits per heavy atom. The average molecular weight is 258 g/mol.